The first-order chi connectivity index (χ1) is 18.0. The third kappa shape index (κ3) is 5.28. The van der Waals surface area contributed by atoms with Gasteiger partial charge in [-0.3, -0.25) is 9.69 Å². The molecule has 8 heteroatoms. The van der Waals surface area contributed by atoms with E-state index in [4.69, 9.17) is 4.74 Å². The summed E-state index contributed by atoms with van der Waals surface area (Å²) in [4.78, 5) is 17.3. The maximum atomic E-state index is 13.6. The molecule has 2 heterocycles. The van der Waals surface area contributed by atoms with Crippen LogP contribution in [0.4, 0.5) is 0 Å². The molecule has 7 nitrogen and oxygen atoms in total. The van der Waals surface area contributed by atoms with Crippen molar-refractivity contribution < 1.29 is 17.9 Å². The van der Waals surface area contributed by atoms with Gasteiger partial charge in [-0.15, -0.1) is 0 Å². The predicted molar refractivity (Wildman–Crippen MR) is 143 cm³/mol. The van der Waals surface area contributed by atoms with Crippen LogP contribution in [0.15, 0.2) is 83.8 Å². The van der Waals surface area contributed by atoms with Crippen molar-refractivity contribution in [1.82, 2.24) is 14.1 Å². The number of methoxy groups -OCH3 is 1. The fourth-order valence-electron chi connectivity index (χ4n) is 5.34. The molecule has 0 atom stereocenters. The van der Waals surface area contributed by atoms with Crippen molar-refractivity contribution in [1.29, 1.82) is 0 Å². The molecule has 3 aromatic carbocycles. The molecule has 194 valence electrons. The fourth-order valence-corrected chi connectivity index (χ4v) is 6.79. The van der Waals surface area contributed by atoms with Crippen LogP contribution in [0.2, 0.25) is 0 Å². The van der Waals surface area contributed by atoms with Gasteiger partial charge in [-0.1, -0.05) is 60.7 Å². The Labute approximate surface area is 219 Å². The fraction of sp³-hybridized carbons (Fsp3) is 0.345. The second-order valence-corrected chi connectivity index (χ2v) is 11.5. The minimum Gasteiger partial charge on any atom is -0.496 e. The molecule has 0 bridgehead atoms. The number of ether oxygens (including phenoxy) is 1. The van der Waals surface area contributed by atoms with Crippen LogP contribution in [0.3, 0.4) is 0 Å². The number of benzene rings is 3. The molecule has 0 radical (unpaired) electrons. The second kappa shape index (κ2) is 11.0. The van der Waals surface area contributed by atoms with Crippen molar-refractivity contribution in [2.75, 3.05) is 46.4 Å². The normalized spacial score (nSPS) is 17.3. The standard InChI is InChI=1S/C29H33N3O4S/c1-36-27-15-14-25(22-26(27)29(33)31-16-8-9-17-31)37(34,35)32-20-18-30(19-21-32)28(23-10-4-2-5-11-23)24-12-6-3-7-13-24/h2-7,10-15,22,28H,8-9,16-21H2,1H3. The Kier molecular flexibility index (Phi) is 7.60. The highest BCUT2D eigenvalue weighted by Gasteiger charge is 2.33. The first-order valence-electron chi connectivity index (χ1n) is 12.8. The zero-order valence-electron chi connectivity index (χ0n) is 21.1. The summed E-state index contributed by atoms with van der Waals surface area (Å²) in [7, 11) is -2.27. The smallest absolute Gasteiger partial charge is 0.257 e. The average Bonchev–Trinajstić information content (AvgIpc) is 3.49. The lowest BCUT2D eigenvalue weighted by Gasteiger charge is -2.39. The molecular formula is C29H33N3O4S. The Morgan fingerprint density at radius 1 is 0.784 bits per heavy atom. The SMILES string of the molecule is COc1ccc(S(=O)(=O)N2CCN(C(c3ccccc3)c3ccccc3)CC2)cc1C(=O)N1CCCC1. The second-order valence-electron chi connectivity index (χ2n) is 9.53. The number of nitrogens with zero attached hydrogens (tertiary/aromatic N) is 3. The van der Waals surface area contributed by atoms with Crippen LogP contribution < -0.4 is 4.74 Å². The van der Waals surface area contributed by atoms with Crippen molar-refractivity contribution in [3.8, 4) is 5.75 Å². The number of carbonyl (C=O) groups excluding carboxylic acids is 1. The number of piperazine rings is 1. The highest BCUT2D eigenvalue weighted by Crippen LogP contribution is 2.31. The summed E-state index contributed by atoms with van der Waals surface area (Å²) in [5, 5.41) is 0. The predicted octanol–water partition coefficient (Wildman–Crippen LogP) is 4.03. The van der Waals surface area contributed by atoms with Gasteiger partial charge in [0.25, 0.3) is 5.91 Å². The number of hydrogen-bond acceptors (Lipinski definition) is 5. The third-order valence-electron chi connectivity index (χ3n) is 7.30. The molecule has 0 aromatic heterocycles. The third-order valence-corrected chi connectivity index (χ3v) is 9.20. The molecule has 5 rings (SSSR count). The average molecular weight is 520 g/mol. The van der Waals surface area contributed by atoms with Gasteiger partial charge in [0.05, 0.1) is 23.6 Å². The quantitative estimate of drug-likeness (QED) is 0.472. The van der Waals surface area contributed by atoms with E-state index in [0.29, 0.717) is 50.6 Å². The van der Waals surface area contributed by atoms with Gasteiger partial charge < -0.3 is 9.64 Å². The molecule has 0 saturated carbocycles. The monoisotopic (exact) mass is 519 g/mol. The highest BCUT2D eigenvalue weighted by atomic mass is 32.2. The number of amides is 1. The molecule has 2 saturated heterocycles. The van der Waals surface area contributed by atoms with E-state index in [-0.39, 0.29) is 16.8 Å². The molecule has 0 spiro atoms. The lowest BCUT2D eigenvalue weighted by molar-refractivity contribution is 0.0789. The van der Waals surface area contributed by atoms with E-state index in [1.807, 2.05) is 36.4 Å². The van der Waals surface area contributed by atoms with Crippen LogP contribution in [-0.2, 0) is 10.0 Å². The minimum absolute atomic E-state index is 0.0536. The van der Waals surface area contributed by atoms with E-state index in [1.54, 1.807) is 11.0 Å². The Balaban J connectivity index is 1.36. The Morgan fingerprint density at radius 2 is 1.35 bits per heavy atom. The molecular weight excluding hydrogens is 486 g/mol. The van der Waals surface area contributed by atoms with E-state index >= 15 is 0 Å². The van der Waals surface area contributed by atoms with Crippen LogP contribution in [-0.4, -0.2) is 74.8 Å². The van der Waals surface area contributed by atoms with Crippen molar-refractivity contribution >= 4 is 15.9 Å². The number of hydrogen-bond donors (Lipinski definition) is 0. The molecule has 2 aliphatic heterocycles. The van der Waals surface area contributed by atoms with E-state index in [2.05, 4.69) is 29.2 Å². The van der Waals surface area contributed by atoms with Gasteiger partial charge in [-0.2, -0.15) is 4.31 Å². The van der Waals surface area contributed by atoms with Crippen LogP contribution >= 0.6 is 0 Å². The largest absolute Gasteiger partial charge is 0.496 e. The highest BCUT2D eigenvalue weighted by molar-refractivity contribution is 7.89. The number of sulfonamides is 1. The van der Waals surface area contributed by atoms with E-state index in [9.17, 15) is 13.2 Å². The summed E-state index contributed by atoms with van der Waals surface area (Å²) in [5.41, 5.74) is 2.67. The van der Waals surface area contributed by atoms with Crippen molar-refractivity contribution in [2.24, 2.45) is 0 Å². The lowest BCUT2D eigenvalue weighted by Crippen LogP contribution is -2.49. The lowest BCUT2D eigenvalue weighted by atomic mass is 9.96. The maximum absolute atomic E-state index is 13.6. The molecule has 0 unspecified atom stereocenters. The Bertz CT molecular complexity index is 1280. The molecule has 2 fully saturated rings. The van der Waals surface area contributed by atoms with E-state index < -0.39 is 10.0 Å². The molecule has 2 aliphatic rings. The van der Waals surface area contributed by atoms with Crippen LogP contribution in [0.25, 0.3) is 0 Å². The van der Waals surface area contributed by atoms with E-state index in [0.717, 1.165) is 12.8 Å². The van der Waals surface area contributed by atoms with Crippen molar-refractivity contribution in [2.45, 2.75) is 23.8 Å². The van der Waals surface area contributed by atoms with Gasteiger partial charge in [-0.05, 0) is 42.2 Å². The van der Waals surface area contributed by atoms with Crippen molar-refractivity contribution in [3.63, 3.8) is 0 Å². The molecule has 0 aliphatic carbocycles. The first kappa shape index (κ1) is 25.4. The molecule has 37 heavy (non-hydrogen) atoms. The van der Waals surface area contributed by atoms with Gasteiger partial charge in [0.15, 0.2) is 0 Å². The first-order valence-corrected chi connectivity index (χ1v) is 14.2. The van der Waals surface area contributed by atoms with Gasteiger partial charge >= 0.3 is 0 Å². The maximum Gasteiger partial charge on any atom is 0.257 e. The van der Waals surface area contributed by atoms with Crippen LogP contribution in [0.5, 0.6) is 5.75 Å². The number of rotatable bonds is 7. The summed E-state index contributed by atoms with van der Waals surface area (Å²) in [6.45, 7) is 3.32. The van der Waals surface area contributed by atoms with Gasteiger partial charge in [0.2, 0.25) is 10.0 Å². The van der Waals surface area contributed by atoms with Gasteiger partial charge in [0.1, 0.15) is 5.75 Å². The number of likely N-dealkylation sites (tertiary alicyclic amines) is 1. The van der Waals surface area contributed by atoms with Crippen LogP contribution in [0.1, 0.15) is 40.4 Å². The van der Waals surface area contributed by atoms with Gasteiger partial charge in [0, 0.05) is 39.3 Å². The summed E-state index contributed by atoms with van der Waals surface area (Å²) < 4.78 is 34.2. The molecule has 0 N–H and O–H groups in total. The summed E-state index contributed by atoms with van der Waals surface area (Å²) in [6, 6.07) is 25.3. The van der Waals surface area contributed by atoms with E-state index in [1.165, 1.54) is 34.7 Å². The Hall–Kier alpha value is -3.20. The van der Waals surface area contributed by atoms with Crippen molar-refractivity contribution in [3.05, 3.63) is 95.6 Å². The number of carbonyl (C=O) groups is 1. The summed E-state index contributed by atoms with van der Waals surface area (Å²) >= 11 is 0. The summed E-state index contributed by atoms with van der Waals surface area (Å²) in [5.74, 6) is 0.221. The zero-order valence-corrected chi connectivity index (χ0v) is 21.9. The Morgan fingerprint density at radius 3 is 1.89 bits per heavy atom. The zero-order chi connectivity index (χ0) is 25.8. The topological polar surface area (TPSA) is 70.2 Å². The van der Waals surface area contributed by atoms with Gasteiger partial charge in [-0.25, -0.2) is 8.42 Å². The minimum atomic E-state index is -3.76. The molecule has 3 aromatic rings. The van der Waals surface area contributed by atoms with Crippen LogP contribution in [0, 0.1) is 0 Å². The summed E-state index contributed by atoms with van der Waals surface area (Å²) in [6.07, 6.45) is 1.92. The molecule has 1 amide bonds.